The molecular weight excluding hydrogens is 369 g/mol. The number of halogens is 2. The number of pyridine rings is 1. The van der Waals surface area contributed by atoms with Crippen molar-refractivity contribution in [1.82, 2.24) is 14.8 Å². The number of piperidine rings is 1. The van der Waals surface area contributed by atoms with Gasteiger partial charge in [0.05, 0.1) is 0 Å². The Morgan fingerprint density at radius 3 is 2.35 bits per heavy atom. The van der Waals surface area contributed by atoms with Gasteiger partial charge in [-0.15, -0.1) is 24.8 Å². The van der Waals surface area contributed by atoms with Gasteiger partial charge < -0.3 is 9.80 Å². The molecule has 1 aromatic carbocycles. The zero-order chi connectivity index (χ0) is 16.8. The van der Waals surface area contributed by atoms with E-state index in [2.05, 4.69) is 23.0 Å². The topological polar surface area (TPSA) is 36.4 Å². The largest absolute Gasteiger partial charge is 0.339 e. The maximum atomic E-state index is 12.5. The first-order valence-corrected chi connectivity index (χ1v) is 8.68. The monoisotopic (exact) mass is 395 g/mol. The van der Waals surface area contributed by atoms with Crippen LogP contribution in [0, 0.1) is 0 Å². The van der Waals surface area contributed by atoms with Crippen molar-refractivity contribution in [2.24, 2.45) is 0 Å². The maximum absolute atomic E-state index is 12.5. The predicted octanol–water partition coefficient (Wildman–Crippen LogP) is 3.70. The molecule has 2 heterocycles. The first-order valence-electron chi connectivity index (χ1n) is 8.68. The quantitative estimate of drug-likeness (QED) is 0.773. The van der Waals surface area contributed by atoms with E-state index >= 15 is 0 Å². The number of likely N-dealkylation sites (tertiary alicyclic amines) is 1. The van der Waals surface area contributed by atoms with Crippen molar-refractivity contribution in [3.05, 3.63) is 66.0 Å². The Kier molecular flexibility index (Phi) is 9.63. The highest BCUT2D eigenvalue weighted by Crippen LogP contribution is 2.18. The van der Waals surface area contributed by atoms with Gasteiger partial charge in [0.2, 0.25) is 0 Å². The molecule has 0 bridgehead atoms. The average molecular weight is 396 g/mol. The molecule has 1 saturated heterocycles. The van der Waals surface area contributed by atoms with E-state index < -0.39 is 0 Å². The molecule has 0 saturated carbocycles. The third-order valence-corrected chi connectivity index (χ3v) is 4.84. The molecule has 0 unspecified atom stereocenters. The number of rotatable bonds is 5. The number of benzene rings is 1. The predicted molar refractivity (Wildman–Crippen MR) is 110 cm³/mol. The van der Waals surface area contributed by atoms with Crippen LogP contribution in [0.5, 0.6) is 0 Å². The number of likely N-dealkylation sites (N-methyl/N-ethyl adjacent to an activating group) is 1. The number of hydrogen-bond donors (Lipinski definition) is 0. The lowest BCUT2D eigenvalue weighted by Gasteiger charge is -2.36. The van der Waals surface area contributed by atoms with Crippen LogP contribution < -0.4 is 0 Å². The summed E-state index contributed by atoms with van der Waals surface area (Å²) in [5.41, 5.74) is 1.93. The van der Waals surface area contributed by atoms with E-state index in [1.54, 1.807) is 0 Å². The molecule has 0 aliphatic carbocycles. The summed E-state index contributed by atoms with van der Waals surface area (Å²) in [5.74, 6) is 0.158. The molecule has 1 fully saturated rings. The molecule has 3 rings (SSSR count). The van der Waals surface area contributed by atoms with Crippen molar-refractivity contribution in [2.45, 2.75) is 25.3 Å². The van der Waals surface area contributed by atoms with Crippen LogP contribution in [-0.2, 0) is 6.42 Å². The average Bonchev–Trinajstić information content (AvgIpc) is 2.67. The molecular formula is C20H27Cl2N3O. The van der Waals surface area contributed by atoms with E-state index in [9.17, 15) is 4.79 Å². The molecule has 0 spiro atoms. The van der Waals surface area contributed by atoms with Crippen LogP contribution >= 0.6 is 24.8 Å². The summed E-state index contributed by atoms with van der Waals surface area (Å²) in [7, 11) is 2.18. The zero-order valence-corrected chi connectivity index (χ0v) is 16.7. The normalized spacial score (nSPS) is 14.5. The highest BCUT2D eigenvalue weighted by atomic mass is 35.5. The van der Waals surface area contributed by atoms with Crippen LogP contribution in [0.1, 0.15) is 28.9 Å². The second-order valence-corrected chi connectivity index (χ2v) is 6.44. The first-order chi connectivity index (χ1) is 11.7. The fraction of sp³-hybridized carbons (Fsp3) is 0.400. The molecule has 4 nitrogen and oxygen atoms in total. The summed E-state index contributed by atoms with van der Waals surface area (Å²) in [6, 6.07) is 16.2. The number of hydrogen-bond acceptors (Lipinski definition) is 3. The molecule has 26 heavy (non-hydrogen) atoms. The molecule has 0 radical (unpaired) electrons. The Morgan fingerprint density at radius 2 is 1.73 bits per heavy atom. The molecule has 2 aromatic rings. The number of amides is 1. The second kappa shape index (κ2) is 11.2. The lowest BCUT2D eigenvalue weighted by molar-refractivity contribution is 0.0647. The van der Waals surface area contributed by atoms with Gasteiger partial charge in [-0.2, -0.15) is 0 Å². The van der Waals surface area contributed by atoms with Crippen LogP contribution in [0.3, 0.4) is 0 Å². The summed E-state index contributed by atoms with van der Waals surface area (Å²) in [5, 5.41) is 0. The van der Waals surface area contributed by atoms with Crippen molar-refractivity contribution < 1.29 is 4.79 Å². The van der Waals surface area contributed by atoms with Gasteiger partial charge in [0.15, 0.2) is 0 Å². The van der Waals surface area contributed by atoms with E-state index in [0.717, 1.165) is 50.2 Å². The van der Waals surface area contributed by atoms with Gasteiger partial charge in [0.25, 0.3) is 5.91 Å². The fourth-order valence-corrected chi connectivity index (χ4v) is 3.29. The van der Waals surface area contributed by atoms with Gasteiger partial charge in [-0.3, -0.25) is 9.78 Å². The van der Waals surface area contributed by atoms with Gasteiger partial charge in [0.1, 0.15) is 0 Å². The number of carbonyl (C=O) groups is 1. The summed E-state index contributed by atoms with van der Waals surface area (Å²) in [6.07, 6.45) is 4.90. The van der Waals surface area contributed by atoms with Crippen LogP contribution in [0.4, 0.5) is 0 Å². The van der Waals surface area contributed by atoms with Crippen molar-refractivity contribution in [3.8, 4) is 0 Å². The van der Waals surface area contributed by atoms with E-state index in [0.29, 0.717) is 6.04 Å². The number of nitrogens with zero attached hydrogens (tertiary/aromatic N) is 3. The third kappa shape index (κ3) is 5.97. The Balaban J connectivity index is 0.00000169. The molecule has 6 heteroatoms. The fourth-order valence-electron chi connectivity index (χ4n) is 3.29. The molecule has 142 valence electrons. The van der Waals surface area contributed by atoms with E-state index in [1.807, 2.05) is 53.6 Å². The minimum absolute atomic E-state index is 0. The zero-order valence-electron chi connectivity index (χ0n) is 15.1. The second-order valence-electron chi connectivity index (χ2n) is 6.44. The number of carbonyl (C=O) groups excluding carboxylic acids is 1. The Morgan fingerprint density at radius 1 is 1.08 bits per heavy atom. The highest BCUT2D eigenvalue weighted by Gasteiger charge is 2.25. The SMILES string of the molecule is CN(CCc1ccccn1)C1CCN(C(=O)c2ccccc2)CC1.Cl.Cl. The summed E-state index contributed by atoms with van der Waals surface area (Å²) in [6.45, 7) is 2.69. The molecule has 0 N–H and O–H groups in total. The maximum Gasteiger partial charge on any atom is 0.253 e. The van der Waals surface area contributed by atoms with Crippen molar-refractivity contribution >= 4 is 30.7 Å². The lowest BCUT2D eigenvalue weighted by atomic mass is 10.0. The minimum atomic E-state index is 0. The Hall–Kier alpha value is -1.62. The summed E-state index contributed by atoms with van der Waals surface area (Å²) in [4.78, 5) is 21.3. The van der Waals surface area contributed by atoms with E-state index in [4.69, 9.17) is 0 Å². The van der Waals surface area contributed by atoms with Crippen molar-refractivity contribution in [2.75, 3.05) is 26.7 Å². The summed E-state index contributed by atoms with van der Waals surface area (Å²) >= 11 is 0. The van der Waals surface area contributed by atoms with Gasteiger partial charge in [0, 0.05) is 49.6 Å². The van der Waals surface area contributed by atoms with E-state index in [-0.39, 0.29) is 30.7 Å². The lowest BCUT2D eigenvalue weighted by Crippen LogP contribution is -2.46. The Labute approximate surface area is 168 Å². The van der Waals surface area contributed by atoms with Crippen LogP contribution in [-0.4, -0.2) is 53.4 Å². The third-order valence-electron chi connectivity index (χ3n) is 4.84. The Bertz CT molecular complexity index is 647. The minimum Gasteiger partial charge on any atom is -0.339 e. The standard InChI is InChI=1S/C20H25N3O.2ClH/c1-22(14-10-18-9-5-6-13-21-18)19-11-15-23(16-12-19)20(24)17-7-3-2-4-8-17;;/h2-9,13,19H,10-12,14-16H2,1H3;2*1H. The van der Waals surface area contributed by atoms with Crippen molar-refractivity contribution in [3.63, 3.8) is 0 Å². The van der Waals surface area contributed by atoms with Gasteiger partial charge in [-0.1, -0.05) is 24.3 Å². The smallest absolute Gasteiger partial charge is 0.253 e. The molecule has 1 amide bonds. The van der Waals surface area contributed by atoms with Gasteiger partial charge >= 0.3 is 0 Å². The molecule has 0 atom stereocenters. The molecule has 1 aliphatic heterocycles. The molecule has 1 aromatic heterocycles. The van der Waals surface area contributed by atoms with Crippen LogP contribution in [0.15, 0.2) is 54.7 Å². The van der Waals surface area contributed by atoms with Gasteiger partial charge in [-0.25, -0.2) is 0 Å². The number of aromatic nitrogens is 1. The van der Waals surface area contributed by atoms with Gasteiger partial charge in [-0.05, 0) is 44.2 Å². The van der Waals surface area contributed by atoms with Crippen LogP contribution in [0.2, 0.25) is 0 Å². The van der Waals surface area contributed by atoms with E-state index in [1.165, 1.54) is 0 Å². The van der Waals surface area contributed by atoms with Crippen molar-refractivity contribution in [1.29, 1.82) is 0 Å². The molecule has 1 aliphatic rings. The van der Waals surface area contributed by atoms with Crippen LogP contribution in [0.25, 0.3) is 0 Å². The summed E-state index contributed by atoms with van der Waals surface area (Å²) < 4.78 is 0. The first kappa shape index (κ1) is 22.4. The highest BCUT2D eigenvalue weighted by molar-refractivity contribution is 5.94.